The molecule has 0 aromatic heterocycles. The maximum atomic E-state index is 6.16. The largest absolute Gasteiger partial charge is 0.482 e. The van der Waals surface area contributed by atoms with E-state index in [0.717, 1.165) is 35.8 Å². The van der Waals surface area contributed by atoms with Crippen LogP contribution >= 0.6 is 0 Å². The Bertz CT molecular complexity index is 652. The monoisotopic (exact) mass is 280 g/mol. The molecule has 1 aliphatic heterocycles. The molecule has 21 heavy (non-hydrogen) atoms. The lowest BCUT2D eigenvalue weighted by molar-refractivity contribution is 0.198. The number of hydrogen-bond donors (Lipinski definition) is 1. The Balaban J connectivity index is 1.99. The predicted octanol–water partition coefficient (Wildman–Crippen LogP) is 3.79. The predicted molar refractivity (Wildman–Crippen MR) is 87.7 cm³/mol. The van der Waals surface area contributed by atoms with Gasteiger partial charge in [0.25, 0.3) is 0 Å². The van der Waals surface area contributed by atoms with Crippen molar-refractivity contribution in [3.63, 3.8) is 0 Å². The highest BCUT2D eigenvalue weighted by Crippen LogP contribution is 2.41. The van der Waals surface area contributed by atoms with E-state index in [4.69, 9.17) is 10.5 Å². The molecule has 0 aliphatic carbocycles. The van der Waals surface area contributed by atoms with Crippen LogP contribution in [0.25, 0.3) is 0 Å². The number of nitrogens with two attached hydrogens (primary N) is 1. The van der Waals surface area contributed by atoms with Crippen molar-refractivity contribution in [3.8, 4) is 5.75 Å². The summed E-state index contributed by atoms with van der Waals surface area (Å²) in [6, 6.07) is 16.1. The molecular weight excluding hydrogens is 260 g/mol. The van der Waals surface area contributed by atoms with Crippen LogP contribution in [-0.2, 0) is 0 Å². The summed E-state index contributed by atoms with van der Waals surface area (Å²) in [5, 5.41) is 0. The Morgan fingerprint density at radius 1 is 1.24 bits per heavy atom. The topological polar surface area (TPSA) is 38.5 Å². The Morgan fingerprint density at radius 2 is 2.00 bits per heavy atom. The van der Waals surface area contributed by atoms with Crippen molar-refractivity contribution in [3.05, 3.63) is 66.2 Å². The fourth-order valence-electron chi connectivity index (χ4n) is 2.77. The lowest BCUT2D eigenvalue weighted by atomic mass is 10.1. The van der Waals surface area contributed by atoms with Gasteiger partial charge in [-0.05, 0) is 24.6 Å². The molecule has 3 heteroatoms. The van der Waals surface area contributed by atoms with Gasteiger partial charge < -0.3 is 15.4 Å². The molecule has 2 aromatic rings. The summed E-state index contributed by atoms with van der Waals surface area (Å²) in [5.41, 5.74) is 10.2. The lowest BCUT2D eigenvalue weighted by Gasteiger charge is -2.37. The summed E-state index contributed by atoms with van der Waals surface area (Å²) in [5.74, 6) is 0.844. The zero-order valence-corrected chi connectivity index (χ0v) is 12.3. The van der Waals surface area contributed by atoms with Crippen LogP contribution in [0.3, 0.4) is 0 Å². The van der Waals surface area contributed by atoms with Gasteiger partial charge in [-0.1, -0.05) is 48.6 Å². The van der Waals surface area contributed by atoms with E-state index in [9.17, 15) is 0 Å². The van der Waals surface area contributed by atoms with Crippen LogP contribution in [0.1, 0.15) is 18.6 Å². The van der Waals surface area contributed by atoms with Crippen molar-refractivity contribution >= 4 is 11.4 Å². The van der Waals surface area contributed by atoms with Gasteiger partial charge in [-0.25, -0.2) is 0 Å². The number of nitrogen functional groups attached to an aromatic ring is 1. The van der Waals surface area contributed by atoms with Gasteiger partial charge in [0, 0.05) is 6.54 Å². The first-order valence-corrected chi connectivity index (χ1v) is 7.14. The second-order valence-electron chi connectivity index (χ2n) is 5.55. The summed E-state index contributed by atoms with van der Waals surface area (Å²) >= 11 is 0. The highest BCUT2D eigenvalue weighted by atomic mass is 16.5. The molecule has 1 heterocycles. The van der Waals surface area contributed by atoms with E-state index in [1.165, 1.54) is 5.56 Å². The van der Waals surface area contributed by atoms with Crippen LogP contribution < -0.4 is 15.4 Å². The summed E-state index contributed by atoms with van der Waals surface area (Å²) in [7, 11) is 0. The normalized spacial score (nSPS) is 17.0. The van der Waals surface area contributed by atoms with E-state index in [-0.39, 0.29) is 6.10 Å². The average Bonchev–Trinajstić information content (AvgIpc) is 2.47. The van der Waals surface area contributed by atoms with Gasteiger partial charge >= 0.3 is 0 Å². The number of hydrogen-bond acceptors (Lipinski definition) is 3. The van der Waals surface area contributed by atoms with Crippen LogP contribution in [-0.4, -0.2) is 13.1 Å². The number of fused-ring (bicyclic) bond motifs is 1. The summed E-state index contributed by atoms with van der Waals surface area (Å²) < 4.78 is 6.16. The number of rotatable bonds is 3. The summed E-state index contributed by atoms with van der Waals surface area (Å²) in [4.78, 5) is 2.26. The lowest BCUT2D eigenvalue weighted by Crippen LogP contribution is -2.36. The molecule has 3 rings (SSSR count). The zero-order valence-electron chi connectivity index (χ0n) is 12.3. The maximum absolute atomic E-state index is 6.16. The van der Waals surface area contributed by atoms with Gasteiger partial charge in [-0.2, -0.15) is 0 Å². The molecule has 0 radical (unpaired) electrons. The van der Waals surface area contributed by atoms with Gasteiger partial charge in [0.1, 0.15) is 17.5 Å². The third-order valence-corrected chi connectivity index (χ3v) is 3.63. The van der Waals surface area contributed by atoms with Gasteiger partial charge in [-0.15, -0.1) is 0 Å². The molecule has 3 nitrogen and oxygen atoms in total. The van der Waals surface area contributed by atoms with Crippen LogP contribution in [0.15, 0.2) is 60.7 Å². The maximum Gasteiger partial charge on any atom is 0.145 e. The molecule has 0 spiro atoms. The Kier molecular flexibility index (Phi) is 3.57. The molecule has 1 unspecified atom stereocenters. The molecule has 0 saturated heterocycles. The minimum absolute atomic E-state index is 0.0137. The number of nitrogens with zero attached hydrogens (tertiary/aromatic N) is 1. The summed E-state index contributed by atoms with van der Waals surface area (Å²) in [6.07, 6.45) is 0.0137. The smallest absolute Gasteiger partial charge is 0.145 e. The van der Waals surface area contributed by atoms with Crippen molar-refractivity contribution in [1.82, 2.24) is 0 Å². The van der Waals surface area contributed by atoms with Gasteiger partial charge in [0.15, 0.2) is 0 Å². The molecule has 0 saturated carbocycles. The molecular formula is C18H20N2O. The first kappa shape index (κ1) is 13.6. The van der Waals surface area contributed by atoms with Crippen molar-refractivity contribution in [1.29, 1.82) is 0 Å². The van der Waals surface area contributed by atoms with Crippen LogP contribution in [0.5, 0.6) is 5.75 Å². The molecule has 2 N–H and O–H groups in total. The van der Waals surface area contributed by atoms with E-state index in [1.54, 1.807) is 0 Å². The standard InChI is InChI=1S/C18H20N2O/c1-13(2)11-20-12-17(14-7-4-3-5-8-14)21-16-10-6-9-15(19)18(16)20/h3-10,17H,1,11-12,19H2,2H3. The third-order valence-electron chi connectivity index (χ3n) is 3.63. The quantitative estimate of drug-likeness (QED) is 0.687. The second-order valence-corrected chi connectivity index (χ2v) is 5.55. The summed E-state index contributed by atoms with van der Waals surface area (Å²) in [6.45, 7) is 7.62. The SMILES string of the molecule is C=C(C)CN1CC(c2ccccc2)Oc2cccc(N)c21. The van der Waals surface area contributed by atoms with Crippen LogP contribution in [0.4, 0.5) is 11.4 Å². The molecule has 1 aliphatic rings. The van der Waals surface area contributed by atoms with Crippen LogP contribution in [0.2, 0.25) is 0 Å². The van der Waals surface area contributed by atoms with E-state index in [1.807, 2.05) is 43.3 Å². The fourth-order valence-corrected chi connectivity index (χ4v) is 2.77. The van der Waals surface area contributed by atoms with E-state index < -0.39 is 0 Å². The first-order valence-electron chi connectivity index (χ1n) is 7.14. The number of ether oxygens (including phenoxy) is 1. The number of benzene rings is 2. The Hall–Kier alpha value is -2.42. The molecule has 0 bridgehead atoms. The van der Waals surface area contributed by atoms with Crippen molar-refractivity contribution in [2.45, 2.75) is 13.0 Å². The number of anilines is 2. The molecule has 0 fully saturated rings. The number of para-hydroxylation sites is 1. The van der Waals surface area contributed by atoms with Crippen LogP contribution in [0, 0.1) is 0 Å². The Labute approximate surface area is 125 Å². The molecule has 1 atom stereocenters. The van der Waals surface area contributed by atoms with Crippen molar-refractivity contribution < 1.29 is 4.74 Å². The molecule has 0 amide bonds. The highest BCUT2D eigenvalue weighted by molar-refractivity contribution is 5.76. The van der Waals surface area contributed by atoms with Gasteiger partial charge in [0.05, 0.1) is 12.2 Å². The minimum Gasteiger partial charge on any atom is -0.482 e. The Morgan fingerprint density at radius 3 is 2.71 bits per heavy atom. The first-order chi connectivity index (χ1) is 10.1. The van der Waals surface area contributed by atoms with Gasteiger partial charge in [0.2, 0.25) is 0 Å². The van der Waals surface area contributed by atoms with E-state index >= 15 is 0 Å². The highest BCUT2D eigenvalue weighted by Gasteiger charge is 2.28. The second kappa shape index (κ2) is 5.52. The molecule has 108 valence electrons. The van der Waals surface area contributed by atoms with E-state index in [2.05, 4.69) is 23.6 Å². The van der Waals surface area contributed by atoms with Gasteiger partial charge in [-0.3, -0.25) is 0 Å². The van der Waals surface area contributed by atoms with E-state index in [0.29, 0.717) is 0 Å². The average molecular weight is 280 g/mol. The van der Waals surface area contributed by atoms with Crippen molar-refractivity contribution in [2.75, 3.05) is 23.7 Å². The molecule has 2 aromatic carbocycles. The fraction of sp³-hybridized carbons (Fsp3) is 0.222. The third kappa shape index (κ3) is 2.72. The zero-order chi connectivity index (χ0) is 14.8. The minimum atomic E-state index is 0.0137. The van der Waals surface area contributed by atoms with Crippen molar-refractivity contribution in [2.24, 2.45) is 0 Å².